The first-order chi connectivity index (χ1) is 9.17. The van der Waals surface area contributed by atoms with E-state index in [-0.39, 0.29) is 0 Å². The predicted molar refractivity (Wildman–Crippen MR) is 85.9 cm³/mol. The normalized spacial score (nSPS) is 14.2. The maximum absolute atomic E-state index is 3.43. The van der Waals surface area contributed by atoms with Gasteiger partial charge in [-0.2, -0.15) is 0 Å². The summed E-state index contributed by atoms with van der Waals surface area (Å²) in [6, 6.07) is 9.28. The van der Waals surface area contributed by atoms with Crippen LogP contribution in [0.15, 0.2) is 24.3 Å². The zero-order valence-corrected chi connectivity index (χ0v) is 13.2. The van der Waals surface area contributed by atoms with E-state index in [4.69, 9.17) is 0 Å². The molecule has 2 atom stereocenters. The van der Waals surface area contributed by atoms with Crippen molar-refractivity contribution in [1.29, 1.82) is 0 Å². The number of hydrogen-bond acceptors (Lipinski definition) is 2. The molecule has 0 fully saturated rings. The number of nitrogens with one attached hydrogen (secondary N) is 1. The van der Waals surface area contributed by atoms with Gasteiger partial charge in [0.05, 0.1) is 0 Å². The molecule has 2 unspecified atom stereocenters. The third-order valence-electron chi connectivity index (χ3n) is 4.02. The summed E-state index contributed by atoms with van der Waals surface area (Å²) >= 11 is 0. The topological polar surface area (TPSA) is 15.3 Å². The number of anilines is 1. The maximum atomic E-state index is 3.43. The minimum absolute atomic E-state index is 0.446. The summed E-state index contributed by atoms with van der Waals surface area (Å²) in [7, 11) is 2.05. The second kappa shape index (κ2) is 8.21. The van der Waals surface area contributed by atoms with Crippen molar-refractivity contribution < 1.29 is 0 Å². The molecule has 0 amide bonds. The van der Waals surface area contributed by atoms with E-state index < -0.39 is 0 Å². The Bertz CT molecular complexity index is 358. The lowest BCUT2D eigenvalue weighted by Gasteiger charge is -2.30. The van der Waals surface area contributed by atoms with Crippen LogP contribution < -0.4 is 10.2 Å². The summed E-state index contributed by atoms with van der Waals surface area (Å²) in [5.74, 6) is 0.739. The van der Waals surface area contributed by atoms with Crippen LogP contribution >= 0.6 is 0 Å². The molecule has 0 aliphatic carbocycles. The van der Waals surface area contributed by atoms with Crippen LogP contribution in [0.3, 0.4) is 0 Å². The molecule has 0 radical (unpaired) electrons. The van der Waals surface area contributed by atoms with E-state index in [9.17, 15) is 0 Å². The zero-order chi connectivity index (χ0) is 14.3. The Balaban J connectivity index is 3.02. The first-order valence-electron chi connectivity index (χ1n) is 7.68. The van der Waals surface area contributed by atoms with Gasteiger partial charge in [0.25, 0.3) is 0 Å². The predicted octanol–water partition coefficient (Wildman–Crippen LogP) is 4.23. The van der Waals surface area contributed by atoms with Gasteiger partial charge in [0.15, 0.2) is 0 Å². The number of hydrogen-bond donors (Lipinski definition) is 1. The van der Waals surface area contributed by atoms with E-state index in [1.54, 1.807) is 0 Å². The molecule has 0 aromatic heterocycles. The molecule has 0 aliphatic rings. The Morgan fingerprint density at radius 3 is 2.32 bits per heavy atom. The van der Waals surface area contributed by atoms with Gasteiger partial charge in [-0.3, -0.25) is 0 Å². The van der Waals surface area contributed by atoms with E-state index in [0.717, 1.165) is 25.4 Å². The van der Waals surface area contributed by atoms with Gasteiger partial charge in [0, 0.05) is 24.8 Å². The molecule has 108 valence electrons. The number of rotatable bonds is 8. The van der Waals surface area contributed by atoms with E-state index in [2.05, 4.69) is 69.2 Å². The molecule has 0 heterocycles. The highest BCUT2D eigenvalue weighted by Gasteiger charge is 2.16. The number of nitrogens with zero attached hydrogens (tertiary/aromatic N) is 1. The minimum Gasteiger partial charge on any atom is -0.371 e. The van der Waals surface area contributed by atoms with Gasteiger partial charge in [0.2, 0.25) is 0 Å². The fraction of sp³-hybridized carbons (Fsp3) is 0.647. The Morgan fingerprint density at radius 1 is 1.11 bits per heavy atom. The monoisotopic (exact) mass is 262 g/mol. The maximum Gasteiger partial charge on any atom is 0.0414 e. The van der Waals surface area contributed by atoms with Crippen LogP contribution in [-0.4, -0.2) is 20.1 Å². The molecule has 0 bridgehead atoms. The van der Waals surface area contributed by atoms with E-state index >= 15 is 0 Å². The summed E-state index contributed by atoms with van der Waals surface area (Å²) in [4.78, 5) is 2.52. The van der Waals surface area contributed by atoms with Crippen LogP contribution in [0, 0.1) is 5.92 Å². The van der Waals surface area contributed by atoms with Gasteiger partial charge < -0.3 is 10.2 Å². The quantitative estimate of drug-likeness (QED) is 0.754. The summed E-state index contributed by atoms with van der Waals surface area (Å²) in [6.07, 6.45) is 2.36. The molecule has 0 saturated heterocycles. The van der Waals surface area contributed by atoms with Crippen molar-refractivity contribution >= 4 is 5.69 Å². The molecule has 1 N–H and O–H groups in total. The largest absolute Gasteiger partial charge is 0.371 e. The Hall–Kier alpha value is -1.02. The molecule has 0 aliphatic heterocycles. The fourth-order valence-corrected chi connectivity index (χ4v) is 2.55. The Morgan fingerprint density at radius 2 is 1.79 bits per heavy atom. The second-order valence-corrected chi connectivity index (χ2v) is 5.36. The highest BCUT2D eigenvalue weighted by Crippen LogP contribution is 2.28. The van der Waals surface area contributed by atoms with Gasteiger partial charge >= 0.3 is 0 Å². The molecule has 2 nitrogen and oxygen atoms in total. The lowest BCUT2D eigenvalue weighted by molar-refractivity contribution is 0.539. The van der Waals surface area contributed by atoms with Crippen LogP contribution in [0.25, 0.3) is 0 Å². The van der Waals surface area contributed by atoms with Crippen LogP contribution in [-0.2, 0) is 0 Å². The van der Waals surface area contributed by atoms with E-state index in [1.165, 1.54) is 17.7 Å². The Kier molecular flexibility index (Phi) is 6.93. The van der Waals surface area contributed by atoms with Crippen LogP contribution in [0.1, 0.15) is 52.1 Å². The highest BCUT2D eigenvalue weighted by atomic mass is 15.1. The number of benzene rings is 1. The number of para-hydroxylation sites is 1. The van der Waals surface area contributed by atoms with Crippen LogP contribution in [0.5, 0.6) is 0 Å². The molecule has 0 spiro atoms. The van der Waals surface area contributed by atoms with Gasteiger partial charge in [-0.05, 0) is 37.9 Å². The third-order valence-corrected chi connectivity index (χ3v) is 4.02. The summed E-state index contributed by atoms with van der Waals surface area (Å²) in [5, 5.41) is 3.43. The van der Waals surface area contributed by atoms with Crippen LogP contribution in [0.4, 0.5) is 5.69 Å². The SMILES string of the molecule is CCC(C)CN(CC)c1ccccc1C(CC)NC. The van der Waals surface area contributed by atoms with Crippen molar-refractivity contribution in [1.82, 2.24) is 5.32 Å². The van der Waals surface area contributed by atoms with Crippen molar-refractivity contribution in [2.24, 2.45) is 5.92 Å². The van der Waals surface area contributed by atoms with Crippen molar-refractivity contribution in [2.45, 2.75) is 46.6 Å². The molecule has 2 heteroatoms. The third kappa shape index (κ3) is 4.24. The van der Waals surface area contributed by atoms with Gasteiger partial charge in [-0.25, -0.2) is 0 Å². The van der Waals surface area contributed by atoms with Crippen molar-refractivity contribution in [2.75, 3.05) is 25.0 Å². The second-order valence-electron chi connectivity index (χ2n) is 5.36. The van der Waals surface area contributed by atoms with Crippen molar-refractivity contribution in [3.8, 4) is 0 Å². The summed E-state index contributed by atoms with van der Waals surface area (Å²) < 4.78 is 0. The minimum atomic E-state index is 0.446. The smallest absolute Gasteiger partial charge is 0.0414 e. The zero-order valence-electron chi connectivity index (χ0n) is 13.2. The van der Waals surface area contributed by atoms with Crippen LogP contribution in [0.2, 0.25) is 0 Å². The first kappa shape index (κ1) is 16.0. The fourth-order valence-electron chi connectivity index (χ4n) is 2.55. The Labute approximate surface area is 119 Å². The first-order valence-corrected chi connectivity index (χ1v) is 7.68. The summed E-state index contributed by atoms with van der Waals surface area (Å²) in [6.45, 7) is 11.3. The van der Waals surface area contributed by atoms with E-state index in [1.807, 2.05) is 0 Å². The van der Waals surface area contributed by atoms with Gasteiger partial charge in [0.1, 0.15) is 0 Å². The van der Waals surface area contributed by atoms with E-state index in [0.29, 0.717) is 6.04 Å². The lowest BCUT2D eigenvalue weighted by Crippen LogP contribution is -2.30. The molecular formula is C17H30N2. The molecular weight excluding hydrogens is 232 g/mol. The average molecular weight is 262 g/mol. The molecule has 1 aromatic carbocycles. The van der Waals surface area contributed by atoms with Gasteiger partial charge in [-0.15, -0.1) is 0 Å². The molecule has 0 saturated carbocycles. The highest BCUT2D eigenvalue weighted by molar-refractivity contribution is 5.55. The molecule has 1 rings (SSSR count). The van der Waals surface area contributed by atoms with Crippen molar-refractivity contribution in [3.05, 3.63) is 29.8 Å². The standard InChI is InChI=1S/C17H30N2/c1-6-14(4)13-19(8-3)17-12-10-9-11-15(17)16(7-2)18-5/h9-12,14,16,18H,6-8,13H2,1-5H3. The molecule has 19 heavy (non-hydrogen) atoms. The molecule has 1 aromatic rings. The average Bonchev–Trinajstić information content (AvgIpc) is 2.46. The summed E-state index contributed by atoms with van der Waals surface area (Å²) in [5.41, 5.74) is 2.82. The lowest BCUT2D eigenvalue weighted by atomic mass is 10.0. The van der Waals surface area contributed by atoms with Crippen molar-refractivity contribution in [3.63, 3.8) is 0 Å². The van der Waals surface area contributed by atoms with Gasteiger partial charge in [-0.1, -0.05) is 45.4 Å².